The van der Waals surface area contributed by atoms with Crippen LogP contribution in [0.1, 0.15) is 27.7 Å². The zero-order valence-electron chi connectivity index (χ0n) is 12.0. The lowest BCUT2D eigenvalue weighted by Crippen LogP contribution is -2.27. The maximum atomic E-state index is 5.67. The van der Waals surface area contributed by atoms with Gasteiger partial charge < -0.3 is 18.9 Å². The smallest absolute Gasteiger partial charge is 0.0704 e. The standard InChI is InChI=1S/C13H28O4/c1-12(13(2,3)4)17-11-10-16-9-8-15-7-6-14-5/h12H,6-11H2,1-5H3/t12-/m1/s1. The number of methoxy groups -OCH3 is 1. The lowest BCUT2D eigenvalue weighted by atomic mass is 9.90. The van der Waals surface area contributed by atoms with E-state index in [-0.39, 0.29) is 11.5 Å². The van der Waals surface area contributed by atoms with Gasteiger partial charge in [0.05, 0.1) is 45.7 Å². The Morgan fingerprint density at radius 1 is 0.824 bits per heavy atom. The van der Waals surface area contributed by atoms with Crippen LogP contribution in [0.5, 0.6) is 0 Å². The average Bonchev–Trinajstić information content (AvgIpc) is 2.25. The van der Waals surface area contributed by atoms with Gasteiger partial charge in [-0.1, -0.05) is 20.8 Å². The first-order chi connectivity index (χ1) is 7.98. The molecule has 4 heteroatoms. The van der Waals surface area contributed by atoms with Gasteiger partial charge in [0.1, 0.15) is 0 Å². The lowest BCUT2D eigenvalue weighted by Gasteiger charge is -2.27. The number of rotatable bonds is 10. The SMILES string of the molecule is COCCOCCOCCO[C@H](C)C(C)(C)C. The predicted molar refractivity (Wildman–Crippen MR) is 68.4 cm³/mol. The Bertz CT molecular complexity index is 165. The summed E-state index contributed by atoms with van der Waals surface area (Å²) >= 11 is 0. The minimum Gasteiger partial charge on any atom is -0.382 e. The van der Waals surface area contributed by atoms with Gasteiger partial charge in [-0.25, -0.2) is 0 Å². The van der Waals surface area contributed by atoms with Gasteiger partial charge in [-0.3, -0.25) is 0 Å². The van der Waals surface area contributed by atoms with Crippen molar-refractivity contribution in [2.75, 3.05) is 46.8 Å². The van der Waals surface area contributed by atoms with E-state index in [1.54, 1.807) is 7.11 Å². The fraction of sp³-hybridized carbons (Fsp3) is 1.00. The van der Waals surface area contributed by atoms with E-state index in [9.17, 15) is 0 Å². The third-order valence-electron chi connectivity index (χ3n) is 2.62. The van der Waals surface area contributed by atoms with E-state index in [2.05, 4.69) is 27.7 Å². The quantitative estimate of drug-likeness (QED) is 0.555. The minimum absolute atomic E-state index is 0.184. The van der Waals surface area contributed by atoms with Gasteiger partial charge in [0.15, 0.2) is 0 Å². The molecule has 0 radical (unpaired) electrons. The van der Waals surface area contributed by atoms with Gasteiger partial charge in [-0.15, -0.1) is 0 Å². The van der Waals surface area contributed by atoms with Crippen molar-refractivity contribution in [3.05, 3.63) is 0 Å². The van der Waals surface area contributed by atoms with Crippen LogP contribution in [0, 0.1) is 5.41 Å². The molecule has 0 bridgehead atoms. The topological polar surface area (TPSA) is 36.9 Å². The van der Waals surface area contributed by atoms with Crippen molar-refractivity contribution < 1.29 is 18.9 Å². The molecular formula is C13H28O4. The van der Waals surface area contributed by atoms with Crippen molar-refractivity contribution in [1.82, 2.24) is 0 Å². The van der Waals surface area contributed by atoms with Crippen molar-refractivity contribution in [3.8, 4) is 0 Å². The highest BCUT2D eigenvalue weighted by Crippen LogP contribution is 2.21. The Morgan fingerprint density at radius 3 is 1.76 bits per heavy atom. The van der Waals surface area contributed by atoms with Crippen LogP contribution in [0.4, 0.5) is 0 Å². The molecule has 0 aliphatic rings. The highest BCUT2D eigenvalue weighted by Gasteiger charge is 2.19. The molecule has 0 aromatic heterocycles. The highest BCUT2D eigenvalue weighted by atomic mass is 16.6. The average molecular weight is 248 g/mol. The Kier molecular flexibility index (Phi) is 9.74. The van der Waals surface area contributed by atoms with Crippen molar-refractivity contribution in [2.45, 2.75) is 33.8 Å². The van der Waals surface area contributed by atoms with E-state index in [4.69, 9.17) is 18.9 Å². The summed E-state index contributed by atoms with van der Waals surface area (Å²) in [4.78, 5) is 0. The second-order valence-electron chi connectivity index (χ2n) is 5.10. The van der Waals surface area contributed by atoms with Crippen LogP contribution in [0.3, 0.4) is 0 Å². The lowest BCUT2D eigenvalue weighted by molar-refractivity contribution is -0.0422. The summed E-state index contributed by atoms with van der Waals surface area (Å²) in [6.07, 6.45) is 0.240. The summed E-state index contributed by atoms with van der Waals surface area (Å²) in [5.41, 5.74) is 0.184. The zero-order chi connectivity index (χ0) is 13.1. The van der Waals surface area contributed by atoms with Crippen LogP contribution in [0.15, 0.2) is 0 Å². The van der Waals surface area contributed by atoms with Crippen LogP contribution in [0.25, 0.3) is 0 Å². The first-order valence-corrected chi connectivity index (χ1v) is 6.24. The van der Waals surface area contributed by atoms with Gasteiger partial charge in [-0.2, -0.15) is 0 Å². The molecule has 0 saturated carbocycles. The summed E-state index contributed by atoms with van der Waals surface area (Å²) in [6.45, 7) is 12.3. The second-order valence-corrected chi connectivity index (χ2v) is 5.10. The fourth-order valence-electron chi connectivity index (χ4n) is 0.998. The van der Waals surface area contributed by atoms with Crippen LogP contribution in [0.2, 0.25) is 0 Å². The fourth-order valence-corrected chi connectivity index (χ4v) is 0.998. The maximum absolute atomic E-state index is 5.67. The Morgan fingerprint density at radius 2 is 1.29 bits per heavy atom. The van der Waals surface area contributed by atoms with E-state index in [0.717, 1.165) is 0 Å². The van der Waals surface area contributed by atoms with Crippen LogP contribution in [-0.2, 0) is 18.9 Å². The number of ether oxygens (including phenoxy) is 4. The normalized spacial score (nSPS) is 13.9. The summed E-state index contributed by atoms with van der Waals surface area (Å²) in [5.74, 6) is 0. The van der Waals surface area contributed by atoms with Crippen LogP contribution >= 0.6 is 0 Å². The second kappa shape index (κ2) is 9.83. The maximum Gasteiger partial charge on any atom is 0.0704 e. The molecule has 0 aromatic rings. The molecule has 4 nitrogen and oxygen atoms in total. The molecule has 0 amide bonds. The third kappa shape index (κ3) is 10.7. The molecule has 104 valence electrons. The molecule has 0 aliphatic heterocycles. The Hall–Kier alpha value is -0.160. The van der Waals surface area contributed by atoms with Gasteiger partial charge >= 0.3 is 0 Å². The molecule has 0 aromatic carbocycles. The van der Waals surface area contributed by atoms with E-state index in [0.29, 0.717) is 39.6 Å². The van der Waals surface area contributed by atoms with E-state index >= 15 is 0 Å². The zero-order valence-corrected chi connectivity index (χ0v) is 12.0. The molecule has 17 heavy (non-hydrogen) atoms. The highest BCUT2D eigenvalue weighted by molar-refractivity contribution is 4.69. The van der Waals surface area contributed by atoms with E-state index < -0.39 is 0 Å². The van der Waals surface area contributed by atoms with Crippen molar-refractivity contribution in [2.24, 2.45) is 5.41 Å². The van der Waals surface area contributed by atoms with Crippen LogP contribution < -0.4 is 0 Å². The molecule has 0 aliphatic carbocycles. The molecule has 0 saturated heterocycles. The monoisotopic (exact) mass is 248 g/mol. The molecular weight excluding hydrogens is 220 g/mol. The summed E-state index contributed by atoms with van der Waals surface area (Å²) in [7, 11) is 1.66. The Labute approximate surface area is 106 Å². The van der Waals surface area contributed by atoms with Gasteiger partial charge in [0.2, 0.25) is 0 Å². The van der Waals surface area contributed by atoms with Gasteiger partial charge in [-0.05, 0) is 12.3 Å². The van der Waals surface area contributed by atoms with Crippen molar-refractivity contribution >= 4 is 0 Å². The van der Waals surface area contributed by atoms with Gasteiger partial charge in [0, 0.05) is 7.11 Å². The summed E-state index contributed by atoms with van der Waals surface area (Å²) in [5, 5.41) is 0. The third-order valence-corrected chi connectivity index (χ3v) is 2.62. The van der Waals surface area contributed by atoms with Crippen LogP contribution in [-0.4, -0.2) is 52.9 Å². The number of hydrogen-bond acceptors (Lipinski definition) is 4. The largest absolute Gasteiger partial charge is 0.382 e. The molecule has 0 unspecified atom stereocenters. The van der Waals surface area contributed by atoms with Gasteiger partial charge in [0.25, 0.3) is 0 Å². The first kappa shape index (κ1) is 16.8. The van der Waals surface area contributed by atoms with Crippen molar-refractivity contribution in [1.29, 1.82) is 0 Å². The summed E-state index contributed by atoms with van der Waals surface area (Å²) < 4.78 is 21.2. The predicted octanol–water partition coefficient (Wildman–Crippen LogP) is 2.12. The molecule has 0 heterocycles. The van der Waals surface area contributed by atoms with E-state index in [1.165, 1.54) is 0 Å². The number of hydrogen-bond donors (Lipinski definition) is 0. The molecule has 0 N–H and O–H groups in total. The van der Waals surface area contributed by atoms with E-state index in [1.807, 2.05) is 0 Å². The molecule has 0 fully saturated rings. The molecule has 0 spiro atoms. The van der Waals surface area contributed by atoms with Crippen molar-refractivity contribution in [3.63, 3.8) is 0 Å². The molecule has 0 rings (SSSR count). The first-order valence-electron chi connectivity index (χ1n) is 6.24. The Balaban J connectivity index is 3.19. The summed E-state index contributed by atoms with van der Waals surface area (Å²) in [6, 6.07) is 0. The molecule has 1 atom stereocenters. The minimum atomic E-state index is 0.184.